The van der Waals surface area contributed by atoms with Crippen LogP contribution in [0.1, 0.15) is 39.0 Å². The third-order valence-corrected chi connectivity index (χ3v) is 6.61. The molecule has 37 heavy (non-hydrogen) atoms. The van der Waals surface area contributed by atoms with E-state index in [1.54, 1.807) is 16.8 Å². The number of nitrogens with zero attached hydrogens (tertiary/aromatic N) is 4. The number of hydrogen-bond acceptors (Lipinski definition) is 8. The largest absolute Gasteiger partial charge is 0.397 e. The van der Waals surface area contributed by atoms with Gasteiger partial charge in [0.15, 0.2) is 11.9 Å². The van der Waals surface area contributed by atoms with Crippen molar-refractivity contribution in [3.63, 3.8) is 0 Å². The van der Waals surface area contributed by atoms with Crippen molar-refractivity contribution in [2.24, 2.45) is 0 Å². The Morgan fingerprint density at radius 1 is 1.16 bits per heavy atom. The van der Waals surface area contributed by atoms with E-state index in [0.29, 0.717) is 42.9 Å². The number of anilines is 2. The van der Waals surface area contributed by atoms with Crippen LogP contribution in [0.5, 0.6) is 0 Å². The number of aliphatic hydroxyl groups excluding tert-OH is 2. The molecule has 3 aromatic rings. The molecule has 1 fully saturated rings. The number of fused-ring (bicyclic) bond motifs is 1. The summed E-state index contributed by atoms with van der Waals surface area (Å²) < 4.78 is 7.61. The van der Waals surface area contributed by atoms with Gasteiger partial charge in [0, 0.05) is 25.0 Å². The topological polar surface area (TPSA) is 151 Å². The standard InChI is InChI=1S/C26H37N7O4/c1-26(2,3)16-6-8-17(9-7-16)31-25(36)29-11-5-13-32(4)14-19-21(34)22(35)24(37-19)33-15-30-20-18(27)10-12-28-23(20)33/h6-10,12,15,19,21-22,24,34-35H,5,11,13-14H2,1-4H3,(H2,27,28)(H2,29,31,36)/t19-,21-,22-,24-/m1/s1. The molecule has 0 bridgehead atoms. The Balaban J connectivity index is 1.21. The number of nitrogens with one attached hydrogen (secondary N) is 2. The van der Waals surface area contributed by atoms with Crippen molar-refractivity contribution < 1.29 is 19.7 Å². The molecule has 6 N–H and O–H groups in total. The van der Waals surface area contributed by atoms with Crippen LogP contribution in [-0.4, -0.2) is 80.7 Å². The molecule has 11 heteroatoms. The molecule has 4 rings (SSSR count). The Morgan fingerprint density at radius 3 is 2.59 bits per heavy atom. The van der Waals surface area contributed by atoms with E-state index in [1.807, 2.05) is 36.2 Å². The van der Waals surface area contributed by atoms with Gasteiger partial charge < -0.3 is 36.2 Å². The molecule has 1 saturated heterocycles. The number of likely N-dealkylation sites (N-methyl/N-ethyl adjacent to an activating group) is 1. The predicted octanol–water partition coefficient (Wildman–Crippen LogP) is 2.07. The van der Waals surface area contributed by atoms with Gasteiger partial charge in [0.25, 0.3) is 0 Å². The summed E-state index contributed by atoms with van der Waals surface area (Å²) in [6.07, 6.45) is 0.149. The normalized spacial score (nSPS) is 22.0. The average Bonchev–Trinajstić information content (AvgIpc) is 3.39. The minimum atomic E-state index is -1.14. The second-order valence-corrected chi connectivity index (χ2v) is 10.6. The molecular weight excluding hydrogens is 474 g/mol. The maximum absolute atomic E-state index is 12.2. The molecule has 1 aliphatic heterocycles. The van der Waals surface area contributed by atoms with Crippen molar-refractivity contribution in [3.8, 4) is 0 Å². The SMILES string of the molecule is CN(CCCNC(=O)Nc1ccc(C(C)(C)C)cc1)C[C@H]1O[C@@H](n2cnc3c(N)ccnc32)[C@H](O)[C@@H]1O. The van der Waals surface area contributed by atoms with Crippen LogP contribution in [0.2, 0.25) is 0 Å². The fourth-order valence-electron chi connectivity index (χ4n) is 4.43. The molecule has 2 aromatic heterocycles. The second kappa shape index (κ2) is 11.0. The van der Waals surface area contributed by atoms with Crippen molar-refractivity contribution in [1.29, 1.82) is 0 Å². The number of hydrogen-bond donors (Lipinski definition) is 5. The van der Waals surface area contributed by atoms with Gasteiger partial charge in [0.05, 0.1) is 12.0 Å². The number of nitrogens with two attached hydrogens (primary N) is 1. The van der Waals surface area contributed by atoms with Gasteiger partial charge >= 0.3 is 6.03 Å². The maximum Gasteiger partial charge on any atom is 0.319 e. The molecule has 2 amide bonds. The molecule has 1 aromatic carbocycles. The molecule has 4 atom stereocenters. The van der Waals surface area contributed by atoms with Gasteiger partial charge in [-0.15, -0.1) is 0 Å². The lowest BCUT2D eigenvalue weighted by atomic mass is 9.87. The fourth-order valence-corrected chi connectivity index (χ4v) is 4.43. The van der Waals surface area contributed by atoms with Crippen LogP contribution >= 0.6 is 0 Å². The van der Waals surface area contributed by atoms with E-state index in [4.69, 9.17) is 10.5 Å². The van der Waals surface area contributed by atoms with Crippen LogP contribution in [0.3, 0.4) is 0 Å². The van der Waals surface area contributed by atoms with Crippen LogP contribution in [0, 0.1) is 0 Å². The van der Waals surface area contributed by atoms with E-state index in [2.05, 4.69) is 41.4 Å². The summed E-state index contributed by atoms with van der Waals surface area (Å²) in [6.45, 7) is 8.01. The molecule has 0 saturated carbocycles. The summed E-state index contributed by atoms with van der Waals surface area (Å²) in [5.74, 6) is 0. The van der Waals surface area contributed by atoms with Crippen LogP contribution in [0.15, 0.2) is 42.9 Å². The van der Waals surface area contributed by atoms with E-state index in [1.165, 1.54) is 11.9 Å². The Bertz CT molecular complexity index is 1210. The summed E-state index contributed by atoms with van der Waals surface area (Å²) in [7, 11) is 1.90. The number of aromatic nitrogens is 3. The lowest BCUT2D eigenvalue weighted by molar-refractivity contribution is -0.0421. The number of rotatable bonds is 8. The number of urea groups is 1. The van der Waals surface area contributed by atoms with Crippen molar-refractivity contribution in [2.75, 3.05) is 37.7 Å². The number of pyridine rings is 1. The van der Waals surface area contributed by atoms with Gasteiger partial charge in [0.1, 0.15) is 23.8 Å². The lowest BCUT2D eigenvalue weighted by Crippen LogP contribution is -2.39. The third-order valence-electron chi connectivity index (χ3n) is 6.61. The first kappa shape index (κ1) is 26.8. The summed E-state index contributed by atoms with van der Waals surface area (Å²) in [4.78, 5) is 22.8. The van der Waals surface area contributed by atoms with Gasteiger partial charge in [0.2, 0.25) is 0 Å². The van der Waals surface area contributed by atoms with Crippen molar-refractivity contribution >= 4 is 28.6 Å². The number of imidazole rings is 1. The van der Waals surface area contributed by atoms with E-state index in [-0.39, 0.29) is 11.4 Å². The van der Waals surface area contributed by atoms with Crippen LogP contribution < -0.4 is 16.4 Å². The van der Waals surface area contributed by atoms with Gasteiger partial charge in [-0.3, -0.25) is 4.57 Å². The molecule has 11 nitrogen and oxygen atoms in total. The molecule has 0 radical (unpaired) electrons. The number of nitrogen functional groups attached to an aromatic ring is 1. The maximum atomic E-state index is 12.2. The molecule has 0 aliphatic carbocycles. The third kappa shape index (κ3) is 6.19. The fraction of sp³-hybridized carbons (Fsp3) is 0.500. The Kier molecular flexibility index (Phi) is 7.98. The summed E-state index contributed by atoms with van der Waals surface area (Å²) >= 11 is 0. The Morgan fingerprint density at radius 2 is 1.89 bits per heavy atom. The number of carbonyl (C=O) groups is 1. The van der Waals surface area contributed by atoms with Gasteiger partial charge in [-0.05, 0) is 49.2 Å². The molecule has 0 spiro atoms. The highest BCUT2D eigenvalue weighted by Crippen LogP contribution is 2.32. The van der Waals surface area contributed by atoms with Gasteiger partial charge in [-0.25, -0.2) is 14.8 Å². The monoisotopic (exact) mass is 511 g/mol. The highest BCUT2D eigenvalue weighted by atomic mass is 16.6. The average molecular weight is 512 g/mol. The van der Waals surface area contributed by atoms with E-state index < -0.39 is 24.5 Å². The summed E-state index contributed by atoms with van der Waals surface area (Å²) in [5.41, 5.74) is 9.45. The number of aliphatic hydroxyl groups is 2. The van der Waals surface area contributed by atoms with Crippen molar-refractivity contribution in [3.05, 3.63) is 48.4 Å². The zero-order chi connectivity index (χ0) is 26.7. The Hall–Kier alpha value is -3.25. The smallest absolute Gasteiger partial charge is 0.319 e. The Labute approximate surface area is 216 Å². The van der Waals surface area contributed by atoms with E-state index >= 15 is 0 Å². The van der Waals surface area contributed by atoms with Gasteiger partial charge in [-0.1, -0.05) is 32.9 Å². The zero-order valence-electron chi connectivity index (χ0n) is 21.8. The number of ether oxygens (including phenoxy) is 1. The highest BCUT2D eigenvalue weighted by Gasteiger charge is 2.44. The van der Waals surface area contributed by atoms with Crippen LogP contribution in [-0.2, 0) is 10.2 Å². The van der Waals surface area contributed by atoms with E-state index in [9.17, 15) is 15.0 Å². The summed E-state index contributed by atoms with van der Waals surface area (Å²) in [5, 5.41) is 27.0. The highest BCUT2D eigenvalue weighted by molar-refractivity contribution is 5.89. The predicted molar refractivity (Wildman–Crippen MR) is 142 cm³/mol. The first-order chi connectivity index (χ1) is 17.5. The molecule has 3 heterocycles. The molecular formula is C26H37N7O4. The molecule has 0 unspecified atom stereocenters. The second-order valence-electron chi connectivity index (χ2n) is 10.6. The first-order valence-corrected chi connectivity index (χ1v) is 12.5. The zero-order valence-corrected chi connectivity index (χ0v) is 21.8. The van der Waals surface area contributed by atoms with Gasteiger partial charge in [-0.2, -0.15) is 0 Å². The quantitative estimate of drug-likeness (QED) is 0.288. The number of amides is 2. The lowest BCUT2D eigenvalue weighted by Gasteiger charge is -2.22. The van der Waals surface area contributed by atoms with Crippen molar-refractivity contribution in [2.45, 2.75) is 57.1 Å². The molecule has 200 valence electrons. The van der Waals surface area contributed by atoms with Crippen LogP contribution in [0.4, 0.5) is 16.2 Å². The van der Waals surface area contributed by atoms with E-state index in [0.717, 1.165) is 5.69 Å². The first-order valence-electron chi connectivity index (χ1n) is 12.5. The molecule has 1 aliphatic rings. The van der Waals surface area contributed by atoms with Crippen LogP contribution in [0.25, 0.3) is 11.2 Å². The van der Waals surface area contributed by atoms with Crippen molar-refractivity contribution in [1.82, 2.24) is 24.8 Å². The number of carbonyl (C=O) groups excluding carboxylic acids is 1. The minimum Gasteiger partial charge on any atom is -0.397 e. The number of benzene rings is 1. The summed E-state index contributed by atoms with van der Waals surface area (Å²) in [6, 6.07) is 9.24. The minimum absolute atomic E-state index is 0.0605.